The molecule has 4 rings (SSSR count). The Morgan fingerprint density at radius 2 is 2.07 bits per heavy atom. The highest BCUT2D eigenvalue weighted by molar-refractivity contribution is 5.93. The standard InChI is InChI=1S/C22H25N3O4/c1-3-20(26)19-12-16-13-24(9-10-25(16)23-19)22(27)21-15(2)11-18(29-21)14-28-17-7-5-4-6-8-17/h4-8,11-12,20,26H,3,9-10,13-14H2,1-2H3. The number of hydrogen-bond acceptors (Lipinski definition) is 5. The van der Waals surface area contributed by atoms with Crippen LogP contribution in [0.2, 0.25) is 0 Å². The summed E-state index contributed by atoms with van der Waals surface area (Å²) in [6.07, 6.45) is 0.0372. The zero-order valence-corrected chi connectivity index (χ0v) is 16.7. The monoisotopic (exact) mass is 395 g/mol. The fourth-order valence-corrected chi connectivity index (χ4v) is 3.48. The second-order valence-electron chi connectivity index (χ2n) is 7.26. The molecule has 0 radical (unpaired) electrons. The number of carbonyl (C=O) groups is 1. The minimum atomic E-state index is -0.572. The van der Waals surface area contributed by atoms with E-state index in [9.17, 15) is 9.90 Å². The molecule has 0 saturated carbocycles. The number of rotatable bonds is 6. The molecule has 0 fully saturated rings. The third-order valence-corrected chi connectivity index (χ3v) is 5.12. The van der Waals surface area contributed by atoms with Crippen molar-refractivity contribution in [2.75, 3.05) is 6.54 Å². The van der Waals surface area contributed by atoms with Crippen LogP contribution >= 0.6 is 0 Å². The predicted molar refractivity (Wildman–Crippen MR) is 106 cm³/mol. The first-order chi connectivity index (χ1) is 14.0. The van der Waals surface area contributed by atoms with Crippen LogP contribution in [0.4, 0.5) is 0 Å². The number of hydrogen-bond donors (Lipinski definition) is 1. The average Bonchev–Trinajstić information content (AvgIpc) is 3.34. The molecule has 3 heterocycles. The molecule has 1 aromatic carbocycles. The van der Waals surface area contributed by atoms with Crippen LogP contribution in [-0.4, -0.2) is 32.2 Å². The Hall–Kier alpha value is -3.06. The SMILES string of the molecule is CCC(O)c1cc2n(n1)CCN(C(=O)c1oc(COc3ccccc3)cc1C)C2. The van der Waals surface area contributed by atoms with Crippen molar-refractivity contribution in [1.29, 1.82) is 0 Å². The summed E-state index contributed by atoms with van der Waals surface area (Å²) >= 11 is 0. The number of carbonyl (C=O) groups excluding carboxylic acids is 1. The molecule has 1 aliphatic heterocycles. The number of aliphatic hydroxyl groups excluding tert-OH is 1. The summed E-state index contributed by atoms with van der Waals surface area (Å²) in [6, 6.07) is 13.2. The Kier molecular flexibility index (Phi) is 5.40. The Morgan fingerprint density at radius 3 is 2.83 bits per heavy atom. The average molecular weight is 395 g/mol. The summed E-state index contributed by atoms with van der Waals surface area (Å²) in [7, 11) is 0. The topological polar surface area (TPSA) is 80.7 Å². The molecule has 7 nitrogen and oxygen atoms in total. The van der Waals surface area contributed by atoms with Crippen molar-refractivity contribution >= 4 is 5.91 Å². The number of para-hydroxylation sites is 1. The lowest BCUT2D eigenvalue weighted by Crippen LogP contribution is -2.38. The molecule has 1 aliphatic rings. The van der Waals surface area contributed by atoms with Gasteiger partial charge in [-0.05, 0) is 37.6 Å². The number of aryl methyl sites for hydroxylation is 1. The molecule has 0 saturated heterocycles. The van der Waals surface area contributed by atoms with E-state index in [1.807, 2.05) is 61.0 Å². The van der Waals surface area contributed by atoms with E-state index in [1.165, 1.54) is 0 Å². The van der Waals surface area contributed by atoms with Gasteiger partial charge in [-0.15, -0.1) is 0 Å². The highest BCUT2D eigenvalue weighted by Gasteiger charge is 2.27. The van der Waals surface area contributed by atoms with E-state index in [0.717, 1.165) is 17.0 Å². The molecule has 1 amide bonds. The Bertz CT molecular complexity index is 993. The molecular formula is C22H25N3O4. The summed E-state index contributed by atoms with van der Waals surface area (Å²) < 4.78 is 13.4. The molecule has 1 atom stereocenters. The van der Waals surface area contributed by atoms with Crippen molar-refractivity contribution in [2.45, 2.75) is 46.1 Å². The van der Waals surface area contributed by atoms with Gasteiger partial charge in [0.2, 0.25) is 0 Å². The summed E-state index contributed by atoms with van der Waals surface area (Å²) in [5, 5.41) is 14.5. The highest BCUT2D eigenvalue weighted by atomic mass is 16.5. The van der Waals surface area contributed by atoms with Gasteiger partial charge in [0.1, 0.15) is 18.1 Å². The molecule has 0 aliphatic carbocycles. The molecule has 1 N–H and O–H groups in total. The van der Waals surface area contributed by atoms with E-state index >= 15 is 0 Å². The molecule has 29 heavy (non-hydrogen) atoms. The van der Waals surface area contributed by atoms with E-state index in [-0.39, 0.29) is 12.5 Å². The molecule has 1 unspecified atom stereocenters. The van der Waals surface area contributed by atoms with Crippen LogP contribution in [0.3, 0.4) is 0 Å². The quantitative estimate of drug-likeness (QED) is 0.691. The maximum absolute atomic E-state index is 13.0. The Balaban J connectivity index is 1.44. The van der Waals surface area contributed by atoms with E-state index in [1.54, 1.807) is 4.90 Å². The summed E-state index contributed by atoms with van der Waals surface area (Å²) in [6.45, 7) is 5.64. The Labute approximate surface area is 169 Å². The van der Waals surface area contributed by atoms with Crippen molar-refractivity contribution in [3.05, 3.63) is 70.9 Å². The van der Waals surface area contributed by atoms with Crippen molar-refractivity contribution in [3.63, 3.8) is 0 Å². The number of aromatic nitrogens is 2. The summed E-state index contributed by atoms with van der Waals surface area (Å²) in [4.78, 5) is 14.8. The lowest BCUT2D eigenvalue weighted by Gasteiger charge is -2.27. The highest BCUT2D eigenvalue weighted by Crippen LogP contribution is 2.23. The predicted octanol–water partition coefficient (Wildman–Crippen LogP) is 3.46. The van der Waals surface area contributed by atoms with Crippen LogP contribution in [0.15, 0.2) is 46.9 Å². The molecular weight excluding hydrogens is 370 g/mol. The maximum Gasteiger partial charge on any atom is 0.290 e. The molecule has 152 valence electrons. The minimum absolute atomic E-state index is 0.140. The fraction of sp³-hybridized carbons (Fsp3) is 0.364. The third kappa shape index (κ3) is 4.05. The van der Waals surface area contributed by atoms with Gasteiger partial charge in [0, 0.05) is 12.1 Å². The van der Waals surface area contributed by atoms with Gasteiger partial charge in [-0.25, -0.2) is 0 Å². The smallest absolute Gasteiger partial charge is 0.290 e. The van der Waals surface area contributed by atoms with E-state index in [2.05, 4.69) is 5.10 Å². The molecule has 3 aromatic rings. The third-order valence-electron chi connectivity index (χ3n) is 5.12. The minimum Gasteiger partial charge on any atom is -0.486 e. The first-order valence-corrected chi connectivity index (χ1v) is 9.86. The zero-order valence-electron chi connectivity index (χ0n) is 16.7. The van der Waals surface area contributed by atoms with Crippen molar-refractivity contribution in [1.82, 2.24) is 14.7 Å². The van der Waals surface area contributed by atoms with Crippen LogP contribution in [0, 0.1) is 6.92 Å². The number of ether oxygens (including phenoxy) is 1. The van der Waals surface area contributed by atoms with Crippen LogP contribution in [0.5, 0.6) is 5.75 Å². The lowest BCUT2D eigenvalue weighted by molar-refractivity contribution is 0.0668. The first-order valence-electron chi connectivity index (χ1n) is 9.86. The summed E-state index contributed by atoms with van der Waals surface area (Å²) in [5.74, 6) is 1.57. The van der Waals surface area contributed by atoms with Crippen LogP contribution in [0.25, 0.3) is 0 Å². The van der Waals surface area contributed by atoms with Gasteiger partial charge in [-0.1, -0.05) is 25.1 Å². The van der Waals surface area contributed by atoms with Gasteiger partial charge in [0.05, 0.1) is 30.6 Å². The van der Waals surface area contributed by atoms with Crippen LogP contribution in [-0.2, 0) is 19.7 Å². The van der Waals surface area contributed by atoms with Gasteiger partial charge >= 0.3 is 0 Å². The van der Waals surface area contributed by atoms with Gasteiger partial charge < -0.3 is 19.2 Å². The van der Waals surface area contributed by atoms with Crippen molar-refractivity contribution in [2.24, 2.45) is 0 Å². The molecule has 0 bridgehead atoms. The van der Waals surface area contributed by atoms with Gasteiger partial charge in [0.25, 0.3) is 5.91 Å². The van der Waals surface area contributed by atoms with Crippen LogP contribution in [0.1, 0.15) is 52.7 Å². The van der Waals surface area contributed by atoms with E-state index in [4.69, 9.17) is 9.15 Å². The lowest BCUT2D eigenvalue weighted by atomic mass is 10.2. The fourth-order valence-electron chi connectivity index (χ4n) is 3.48. The number of aliphatic hydroxyl groups is 1. The second-order valence-corrected chi connectivity index (χ2v) is 7.26. The first kappa shape index (κ1) is 19.3. The van der Waals surface area contributed by atoms with Gasteiger partial charge in [-0.3, -0.25) is 9.48 Å². The van der Waals surface area contributed by atoms with Gasteiger partial charge in [0.15, 0.2) is 5.76 Å². The molecule has 0 spiro atoms. The van der Waals surface area contributed by atoms with E-state index < -0.39 is 6.10 Å². The Morgan fingerprint density at radius 1 is 1.28 bits per heavy atom. The van der Waals surface area contributed by atoms with E-state index in [0.29, 0.717) is 43.3 Å². The normalized spacial score (nSPS) is 14.5. The largest absolute Gasteiger partial charge is 0.486 e. The van der Waals surface area contributed by atoms with Gasteiger partial charge in [-0.2, -0.15) is 5.10 Å². The van der Waals surface area contributed by atoms with Crippen LogP contribution < -0.4 is 4.74 Å². The molecule has 2 aromatic heterocycles. The number of fused-ring (bicyclic) bond motifs is 1. The zero-order chi connectivity index (χ0) is 20.4. The number of nitrogens with zero attached hydrogens (tertiary/aromatic N) is 3. The van der Waals surface area contributed by atoms with Crippen molar-refractivity contribution in [3.8, 4) is 5.75 Å². The van der Waals surface area contributed by atoms with Crippen molar-refractivity contribution < 1.29 is 19.1 Å². The maximum atomic E-state index is 13.0. The second kappa shape index (κ2) is 8.13. The number of amides is 1. The molecule has 7 heteroatoms. The summed E-state index contributed by atoms with van der Waals surface area (Å²) in [5.41, 5.74) is 2.37. The number of benzene rings is 1. The number of furan rings is 1.